The van der Waals surface area contributed by atoms with Crippen LogP contribution in [0.15, 0.2) is 4.99 Å². The fourth-order valence-electron chi connectivity index (χ4n) is 2.55. The van der Waals surface area contributed by atoms with Crippen LogP contribution >= 0.6 is 0 Å². The van der Waals surface area contributed by atoms with Crippen LogP contribution in [0.2, 0.25) is 0 Å². The number of nitrogens with two attached hydrogens (primary N) is 1. The van der Waals surface area contributed by atoms with Crippen molar-refractivity contribution in [1.29, 1.82) is 0 Å². The van der Waals surface area contributed by atoms with Gasteiger partial charge in [-0.3, -0.25) is 4.99 Å². The minimum Gasteiger partial charge on any atom is -0.370 e. The molecule has 1 unspecified atom stereocenters. The summed E-state index contributed by atoms with van der Waals surface area (Å²) in [6, 6.07) is 0.333. The summed E-state index contributed by atoms with van der Waals surface area (Å²) < 4.78 is 22.7. The standard InChI is InChI=1S/C15H31N3O2S/c1-12(2)5-4-6-13(3)18-15(16)17-11-14-7-9-21(19,20)10-8-14/h12-14H,4-11H2,1-3H3,(H3,16,17,18). The second-order valence-electron chi connectivity index (χ2n) is 6.69. The van der Waals surface area contributed by atoms with Gasteiger partial charge in [-0.1, -0.05) is 26.7 Å². The SMILES string of the molecule is CC(C)CCCC(C)NC(N)=NCC1CCS(=O)(=O)CC1. The lowest BCUT2D eigenvalue weighted by Crippen LogP contribution is -2.39. The van der Waals surface area contributed by atoms with Gasteiger partial charge in [-0.15, -0.1) is 0 Å². The number of hydrogen-bond donors (Lipinski definition) is 2. The first-order valence-electron chi connectivity index (χ1n) is 8.05. The molecule has 0 radical (unpaired) electrons. The Balaban J connectivity index is 2.23. The largest absolute Gasteiger partial charge is 0.370 e. The van der Waals surface area contributed by atoms with E-state index in [0.29, 0.717) is 48.8 Å². The summed E-state index contributed by atoms with van der Waals surface area (Å²) >= 11 is 0. The topological polar surface area (TPSA) is 84.5 Å². The molecule has 1 aliphatic rings. The van der Waals surface area contributed by atoms with Gasteiger partial charge in [0.15, 0.2) is 5.96 Å². The third kappa shape index (κ3) is 8.29. The molecule has 0 aromatic heterocycles. The maximum Gasteiger partial charge on any atom is 0.188 e. The zero-order valence-electron chi connectivity index (χ0n) is 13.6. The number of guanidine groups is 1. The average Bonchev–Trinajstić information content (AvgIpc) is 2.37. The Morgan fingerprint density at radius 3 is 2.43 bits per heavy atom. The Kier molecular flexibility index (Phi) is 7.49. The maximum atomic E-state index is 11.4. The summed E-state index contributed by atoms with van der Waals surface area (Å²) in [7, 11) is -2.79. The minimum atomic E-state index is -2.79. The minimum absolute atomic E-state index is 0.298. The molecule has 1 aliphatic heterocycles. The summed E-state index contributed by atoms with van der Waals surface area (Å²) in [6.45, 7) is 7.22. The van der Waals surface area contributed by atoms with Crippen LogP contribution in [0.5, 0.6) is 0 Å². The lowest BCUT2D eigenvalue weighted by molar-refractivity contribution is 0.472. The van der Waals surface area contributed by atoms with E-state index >= 15 is 0 Å². The summed E-state index contributed by atoms with van der Waals surface area (Å²) in [6.07, 6.45) is 4.95. The molecule has 1 fully saturated rings. The molecule has 1 saturated heterocycles. The van der Waals surface area contributed by atoms with Gasteiger partial charge in [0.05, 0.1) is 11.5 Å². The van der Waals surface area contributed by atoms with Gasteiger partial charge >= 0.3 is 0 Å². The first kappa shape index (κ1) is 18.3. The van der Waals surface area contributed by atoms with Crippen LogP contribution in [0, 0.1) is 11.8 Å². The number of rotatable bonds is 7. The van der Waals surface area contributed by atoms with Crippen molar-refractivity contribution >= 4 is 15.8 Å². The number of nitrogens with one attached hydrogen (secondary N) is 1. The molecule has 0 aromatic rings. The van der Waals surface area contributed by atoms with Crippen LogP contribution in [-0.4, -0.2) is 38.5 Å². The second-order valence-corrected chi connectivity index (χ2v) is 8.99. The first-order valence-corrected chi connectivity index (χ1v) is 9.87. The van der Waals surface area contributed by atoms with Gasteiger partial charge in [0.1, 0.15) is 9.84 Å². The van der Waals surface area contributed by atoms with Crippen LogP contribution < -0.4 is 11.1 Å². The molecule has 21 heavy (non-hydrogen) atoms. The average molecular weight is 317 g/mol. The maximum absolute atomic E-state index is 11.4. The molecule has 1 atom stereocenters. The van der Waals surface area contributed by atoms with Crippen molar-refractivity contribution in [2.24, 2.45) is 22.6 Å². The van der Waals surface area contributed by atoms with Crippen LogP contribution in [-0.2, 0) is 9.84 Å². The summed E-state index contributed by atoms with van der Waals surface area (Å²) in [4.78, 5) is 4.37. The molecule has 5 nitrogen and oxygen atoms in total. The van der Waals surface area contributed by atoms with Crippen molar-refractivity contribution in [3.8, 4) is 0 Å². The lowest BCUT2D eigenvalue weighted by atomic mass is 10.0. The molecule has 0 spiro atoms. The van der Waals surface area contributed by atoms with Crippen molar-refractivity contribution in [2.75, 3.05) is 18.1 Å². The van der Waals surface area contributed by atoms with Crippen LogP contribution in [0.3, 0.4) is 0 Å². The molecule has 0 aromatic carbocycles. The van der Waals surface area contributed by atoms with Crippen LogP contribution in [0.25, 0.3) is 0 Å². The molecule has 124 valence electrons. The fraction of sp³-hybridized carbons (Fsp3) is 0.933. The molecule has 0 bridgehead atoms. The highest BCUT2D eigenvalue weighted by atomic mass is 32.2. The predicted octanol–water partition coefficient (Wildman–Crippen LogP) is 1.93. The van der Waals surface area contributed by atoms with E-state index in [-0.39, 0.29) is 0 Å². The summed E-state index contributed by atoms with van der Waals surface area (Å²) in [5, 5.41) is 3.22. The van der Waals surface area contributed by atoms with E-state index in [1.807, 2.05) is 0 Å². The Bertz CT molecular complexity index is 418. The lowest BCUT2D eigenvalue weighted by Gasteiger charge is -2.20. The van der Waals surface area contributed by atoms with Gasteiger partial charge in [-0.05, 0) is 38.0 Å². The second kappa shape index (κ2) is 8.61. The van der Waals surface area contributed by atoms with E-state index in [1.165, 1.54) is 12.8 Å². The van der Waals surface area contributed by atoms with E-state index in [2.05, 4.69) is 31.1 Å². The summed E-state index contributed by atoms with van der Waals surface area (Å²) in [5.41, 5.74) is 5.90. The molecule has 1 rings (SSSR count). The van der Waals surface area contributed by atoms with Gasteiger partial charge in [-0.2, -0.15) is 0 Å². The van der Waals surface area contributed by atoms with Gasteiger partial charge in [0.25, 0.3) is 0 Å². The Morgan fingerprint density at radius 2 is 1.86 bits per heavy atom. The molecular weight excluding hydrogens is 286 g/mol. The van der Waals surface area contributed by atoms with Gasteiger partial charge in [-0.25, -0.2) is 8.42 Å². The van der Waals surface area contributed by atoms with E-state index in [9.17, 15) is 8.42 Å². The smallest absolute Gasteiger partial charge is 0.188 e. The zero-order valence-corrected chi connectivity index (χ0v) is 14.5. The predicted molar refractivity (Wildman–Crippen MR) is 89.2 cm³/mol. The highest BCUT2D eigenvalue weighted by Crippen LogP contribution is 2.18. The zero-order chi connectivity index (χ0) is 15.9. The van der Waals surface area contributed by atoms with Gasteiger partial charge in [0, 0.05) is 12.6 Å². The number of hydrogen-bond acceptors (Lipinski definition) is 3. The molecule has 3 N–H and O–H groups in total. The molecule has 0 aliphatic carbocycles. The van der Waals surface area contributed by atoms with Crippen molar-refractivity contribution < 1.29 is 8.42 Å². The van der Waals surface area contributed by atoms with E-state index in [0.717, 1.165) is 12.3 Å². The number of nitrogens with zero attached hydrogens (tertiary/aromatic N) is 1. The Hall–Kier alpha value is -0.780. The van der Waals surface area contributed by atoms with E-state index in [4.69, 9.17) is 5.73 Å². The van der Waals surface area contributed by atoms with Crippen molar-refractivity contribution in [2.45, 2.75) is 58.9 Å². The quantitative estimate of drug-likeness (QED) is 0.555. The third-order valence-electron chi connectivity index (χ3n) is 4.01. The third-order valence-corrected chi connectivity index (χ3v) is 5.72. The monoisotopic (exact) mass is 317 g/mol. The Labute approximate surface area is 129 Å². The van der Waals surface area contributed by atoms with Crippen molar-refractivity contribution in [3.05, 3.63) is 0 Å². The van der Waals surface area contributed by atoms with E-state index in [1.54, 1.807) is 0 Å². The van der Waals surface area contributed by atoms with Crippen LogP contribution in [0.4, 0.5) is 0 Å². The van der Waals surface area contributed by atoms with Crippen molar-refractivity contribution in [1.82, 2.24) is 5.32 Å². The fourth-order valence-corrected chi connectivity index (χ4v) is 4.14. The first-order chi connectivity index (χ1) is 9.78. The highest BCUT2D eigenvalue weighted by Gasteiger charge is 2.23. The number of sulfone groups is 1. The molecule has 0 amide bonds. The van der Waals surface area contributed by atoms with Crippen molar-refractivity contribution in [3.63, 3.8) is 0 Å². The molecular formula is C15H31N3O2S. The van der Waals surface area contributed by atoms with E-state index < -0.39 is 9.84 Å². The molecule has 6 heteroatoms. The molecule has 1 heterocycles. The highest BCUT2D eigenvalue weighted by molar-refractivity contribution is 7.91. The normalized spacial score (nSPS) is 21.4. The Morgan fingerprint density at radius 1 is 1.24 bits per heavy atom. The van der Waals surface area contributed by atoms with Crippen LogP contribution in [0.1, 0.15) is 52.9 Å². The summed E-state index contributed by atoms with van der Waals surface area (Å²) in [5.74, 6) is 2.18. The number of aliphatic imine (C=N–C) groups is 1. The molecule has 0 saturated carbocycles. The van der Waals surface area contributed by atoms with Gasteiger partial charge in [0.2, 0.25) is 0 Å². The van der Waals surface area contributed by atoms with Gasteiger partial charge < -0.3 is 11.1 Å².